The molecule has 176 valence electrons. The summed E-state index contributed by atoms with van der Waals surface area (Å²) in [6.07, 6.45) is 0.0979. The SMILES string of the molecule is CC[C@H]1Oc2ccc(NC(=O)Cc3ccc(F)cc3)cc2CN(Cc2cccc(OC)c2)C1=O. The summed E-state index contributed by atoms with van der Waals surface area (Å²) in [5.41, 5.74) is 3.09. The molecule has 0 aliphatic carbocycles. The molecule has 2 amide bonds. The molecular formula is C27H27FN2O4. The van der Waals surface area contributed by atoms with Gasteiger partial charge in [-0.1, -0.05) is 31.2 Å². The van der Waals surface area contributed by atoms with Gasteiger partial charge in [0.25, 0.3) is 5.91 Å². The highest BCUT2D eigenvalue weighted by atomic mass is 19.1. The number of hydrogen-bond acceptors (Lipinski definition) is 4. The van der Waals surface area contributed by atoms with Crippen molar-refractivity contribution in [2.45, 2.75) is 39.0 Å². The third-order valence-electron chi connectivity index (χ3n) is 5.72. The number of fused-ring (bicyclic) bond motifs is 1. The van der Waals surface area contributed by atoms with Gasteiger partial charge in [0.2, 0.25) is 5.91 Å². The molecule has 6 nitrogen and oxygen atoms in total. The van der Waals surface area contributed by atoms with Crippen LogP contribution in [0.2, 0.25) is 0 Å². The fraction of sp³-hybridized carbons (Fsp3) is 0.259. The van der Waals surface area contributed by atoms with E-state index in [9.17, 15) is 14.0 Å². The van der Waals surface area contributed by atoms with E-state index in [0.717, 1.165) is 22.4 Å². The monoisotopic (exact) mass is 462 g/mol. The van der Waals surface area contributed by atoms with Crippen LogP contribution in [0.3, 0.4) is 0 Å². The van der Waals surface area contributed by atoms with Gasteiger partial charge in [-0.05, 0) is 60.0 Å². The van der Waals surface area contributed by atoms with Crippen LogP contribution in [0.25, 0.3) is 0 Å². The van der Waals surface area contributed by atoms with E-state index in [-0.39, 0.29) is 24.1 Å². The number of carbonyl (C=O) groups excluding carboxylic acids is 2. The Kier molecular flexibility index (Phi) is 7.11. The third-order valence-corrected chi connectivity index (χ3v) is 5.72. The summed E-state index contributed by atoms with van der Waals surface area (Å²) in [5.74, 6) is 0.730. The number of nitrogens with zero attached hydrogens (tertiary/aromatic N) is 1. The number of nitrogens with one attached hydrogen (secondary N) is 1. The van der Waals surface area contributed by atoms with E-state index in [1.54, 1.807) is 36.3 Å². The summed E-state index contributed by atoms with van der Waals surface area (Å²) in [6.45, 7) is 2.68. The first kappa shape index (κ1) is 23.3. The molecule has 0 radical (unpaired) electrons. The maximum atomic E-state index is 13.2. The molecule has 1 heterocycles. The lowest BCUT2D eigenvalue weighted by Crippen LogP contribution is -2.38. The van der Waals surface area contributed by atoms with Crippen molar-refractivity contribution in [1.29, 1.82) is 0 Å². The molecule has 3 aromatic carbocycles. The van der Waals surface area contributed by atoms with E-state index in [1.165, 1.54) is 12.1 Å². The van der Waals surface area contributed by atoms with Crippen molar-refractivity contribution in [1.82, 2.24) is 4.90 Å². The second kappa shape index (κ2) is 10.4. The van der Waals surface area contributed by atoms with E-state index in [4.69, 9.17) is 9.47 Å². The van der Waals surface area contributed by atoms with Crippen molar-refractivity contribution in [3.63, 3.8) is 0 Å². The number of anilines is 1. The summed E-state index contributed by atoms with van der Waals surface area (Å²) in [6, 6.07) is 18.9. The maximum Gasteiger partial charge on any atom is 0.264 e. The molecule has 0 aromatic heterocycles. The van der Waals surface area contributed by atoms with Gasteiger partial charge in [0, 0.05) is 24.3 Å². The number of ether oxygens (including phenoxy) is 2. The lowest BCUT2D eigenvalue weighted by atomic mass is 10.1. The fourth-order valence-electron chi connectivity index (χ4n) is 3.96. The lowest BCUT2D eigenvalue weighted by Gasteiger charge is -2.23. The molecule has 0 spiro atoms. The van der Waals surface area contributed by atoms with Crippen molar-refractivity contribution < 1.29 is 23.5 Å². The van der Waals surface area contributed by atoms with Crippen molar-refractivity contribution in [3.05, 3.63) is 89.2 Å². The zero-order valence-electron chi connectivity index (χ0n) is 19.2. The van der Waals surface area contributed by atoms with E-state index in [1.807, 2.05) is 37.3 Å². The molecule has 34 heavy (non-hydrogen) atoms. The Balaban J connectivity index is 1.53. The second-order valence-electron chi connectivity index (χ2n) is 8.23. The highest BCUT2D eigenvalue weighted by Gasteiger charge is 2.30. The Labute approximate surface area is 198 Å². The Morgan fingerprint density at radius 1 is 1.12 bits per heavy atom. The van der Waals surface area contributed by atoms with Gasteiger partial charge in [-0.2, -0.15) is 0 Å². The zero-order chi connectivity index (χ0) is 24.1. The molecule has 1 aliphatic rings. The van der Waals surface area contributed by atoms with Crippen LogP contribution < -0.4 is 14.8 Å². The minimum Gasteiger partial charge on any atom is -0.497 e. The largest absolute Gasteiger partial charge is 0.497 e. The molecule has 3 aromatic rings. The van der Waals surface area contributed by atoms with Crippen molar-refractivity contribution in [2.24, 2.45) is 0 Å². The Hall–Kier alpha value is -3.87. The molecule has 0 saturated heterocycles. The van der Waals surface area contributed by atoms with Crippen LogP contribution in [0.1, 0.15) is 30.0 Å². The van der Waals surface area contributed by atoms with E-state index in [0.29, 0.717) is 30.9 Å². The molecular weight excluding hydrogens is 435 g/mol. The number of halogens is 1. The average molecular weight is 463 g/mol. The van der Waals surface area contributed by atoms with Gasteiger partial charge in [-0.15, -0.1) is 0 Å². The van der Waals surface area contributed by atoms with Gasteiger partial charge in [0.1, 0.15) is 17.3 Å². The number of amides is 2. The van der Waals surface area contributed by atoms with Gasteiger partial charge in [-0.3, -0.25) is 9.59 Å². The normalized spacial score (nSPS) is 15.2. The molecule has 0 fully saturated rings. The van der Waals surface area contributed by atoms with E-state index < -0.39 is 6.10 Å². The van der Waals surface area contributed by atoms with Crippen LogP contribution in [0.4, 0.5) is 10.1 Å². The standard InChI is InChI=1S/C27H27FN2O4/c1-3-24-27(32)30(16-19-5-4-6-23(13-19)33-2)17-20-15-22(11-12-25(20)34-24)29-26(31)14-18-7-9-21(28)10-8-18/h4-13,15,24H,3,14,16-17H2,1-2H3,(H,29,31)/t24-/m1/s1. The van der Waals surface area contributed by atoms with Gasteiger partial charge in [0.05, 0.1) is 13.5 Å². The quantitative estimate of drug-likeness (QED) is 0.552. The van der Waals surface area contributed by atoms with Gasteiger partial charge < -0.3 is 19.7 Å². The molecule has 0 saturated carbocycles. The highest BCUT2D eigenvalue weighted by molar-refractivity contribution is 5.92. The molecule has 1 aliphatic heterocycles. The molecule has 4 rings (SSSR count). The smallest absolute Gasteiger partial charge is 0.264 e. The van der Waals surface area contributed by atoms with Crippen LogP contribution >= 0.6 is 0 Å². The summed E-state index contributed by atoms with van der Waals surface area (Å²) < 4.78 is 24.4. The first-order valence-corrected chi connectivity index (χ1v) is 11.2. The van der Waals surface area contributed by atoms with Crippen LogP contribution in [0, 0.1) is 5.82 Å². The average Bonchev–Trinajstić information content (AvgIpc) is 2.96. The van der Waals surface area contributed by atoms with Crippen LogP contribution in [0.15, 0.2) is 66.7 Å². The maximum absolute atomic E-state index is 13.2. The number of methoxy groups -OCH3 is 1. The Morgan fingerprint density at radius 2 is 1.91 bits per heavy atom. The van der Waals surface area contributed by atoms with E-state index in [2.05, 4.69) is 5.32 Å². The van der Waals surface area contributed by atoms with Crippen molar-refractivity contribution in [3.8, 4) is 11.5 Å². The number of carbonyl (C=O) groups is 2. The number of rotatable bonds is 7. The van der Waals surface area contributed by atoms with Crippen LogP contribution in [0.5, 0.6) is 11.5 Å². The fourth-order valence-corrected chi connectivity index (χ4v) is 3.96. The van der Waals surface area contributed by atoms with Crippen molar-refractivity contribution >= 4 is 17.5 Å². The van der Waals surface area contributed by atoms with Gasteiger partial charge in [-0.25, -0.2) is 4.39 Å². The predicted octanol–water partition coefficient (Wildman–Crippen LogP) is 4.72. The van der Waals surface area contributed by atoms with Crippen LogP contribution in [-0.4, -0.2) is 29.9 Å². The summed E-state index contributed by atoms with van der Waals surface area (Å²) >= 11 is 0. The van der Waals surface area contributed by atoms with E-state index >= 15 is 0 Å². The Bertz CT molecular complexity index is 1180. The molecule has 0 unspecified atom stereocenters. The first-order chi connectivity index (χ1) is 16.4. The zero-order valence-corrected chi connectivity index (χ0v) is 19.2. The molecule has 1 atom stereocenters. The molecule has 1 N–H and O–H groups in total. The third kappa shape index (κ3) is 5.54. The second-order valence-corrected chi connectivity index (χ2v) is 8.23. The number of hydrogen-bond donors (Lipinski definition) is 1. The lowest BCUT2D eigenvalue weighted by molar-refractivity contribution is -0.139. The minimum absolute atomic E-state index is 0.0802. The Morgan fingerprint density at radius 3 is 2.65 bits per heavy atom. The minimum atomic E-state index is -0.578. The summed E-state index contributed by atoms with van der Waals surface area (Å²) in [7, 11) is 1.61. The molecule has 7 heteroatoms. The van der Waals surface area contributed by atoms with Crippen LogP contribution in [-0.2, 0) is 29.1 Å². The van der Waals surface area contributed by atoms with Gasteiger partial charge in [0.15, 0.2) is 6.10 Å². The predicted molar refractivity (Wildman–Crippen MR) is 127 cm³/mol. The number of benzene rings is 3. The highest BCUT2D eigenvalue weighted by Crippen LogP contribution is 2.30. The first-order valence-electron chi connectivity index (χ1n) is 11.2. The molecule has 0 bridgehead atoms. The van der Waals surface area contributed by atoms with Crippen molar-refractivity contribution in [2.75, 3.05) is 12.4 Å². The topological polar surface area (TPSA) is 67.9 Å². The van der Waals surface area contributed by atoms with Gasteiger partial charge >= 0.3 is 0 Å². The summed E-state index contributed by atoms with van der Waals surface area (Å²) in [5, 5.41) is 2.88. The summed E-state index contributed by atoms with van der Waals surface area (Å²) in [4.78, 5) is 27.4.